The Labute approximate surface area is 145 Å². The minimum atomic E-state index is -0.643. The summed E-state index contributed by atoms with van der Waals surface area (Å²) in [5.74, 6) is -0.606. The van der Waals surface area contributed by atoms with Gasteiger partial charge in [-0.1, -0.05) is 11.6 Å². The number of aryl methyl sites for hydroxylation is 1. The second-order valence-corrected chi connectivity index (χ2v) is 6.58. The Kier molecular flexibility index (Phi) is 3.62. The number of benzene rings is 1. The number of hydrogen-bond donors (Lipinski definition) is 2. The van der Waals surface area contributed by atoms with Crippen LogP contribution in [0.25, 0.3) is 22.0 Å². The summed E-state index contributed by atoms with van der Waals surface area (Å²) in [5, 5.41) is 2.19. The highest BCUT2D eigenvalue weighted by Gasteiger charge is 2.28. The average molecular weight is 367 g/mol. The topological polar surface area (TPSA) is 97.3 Å². The van der Waals surface area contributed by atoms with Gasteiger partial charge in [-0.2, -0.15) is 5.16 Å². The molecule has 3 N–H and O–H groups in total. The molecule has 3 heterocycles. The van der Waals surface area contributed by atoms with Crippen LogP contribution >= 0.6 is 11.6 Å². The molecular formula is C16H16ClFN4O3. The zero-order valence-electron chi connectivity index (χ0n) is 13.4. The van der Waals surface area contributed by atoms with Crippen molar-refractivity contribution in [2.24, 2.45) is 5.73 Å². The van der Waals surface area contributed by atoms with Crippen molar-refractivity contribution in [2.75, 3.05) is 18.0 Å². The number of aromatic amines is 1. The summed E-state index contributed by atoms with van der Waals surface area (Å²) in [4.78, 5) is 26.3. The molecule has 1 aliphatic rings. The van der Waals surface area contributed by atoms with Gasteiger partial charge >= 0.3 is 0 Å². The molecule has 1 fully saturated rings. The van der Waals surface area contributed by atoms with E-state index >= 15 is 0 Å². The van der Waals surface area contributed by atoms with Crippen LogP contribution in [0.4, 0.5) is 10.1 Å². The number of H-pyrrole nitrogens is 1. The molecule has 0 bridgehead atoms. The molecule has 0 aliphatic carbocycles. The molecule has 0 spiro atoms. The van der Waals surface area contributed by atoms with Gasteiger partial charge in [-0.05, 0) is 19.4 Å². The maximum atomic E-state index is 14.8. The lowest BCUT2D eigenvalue weighted by molar-refractivity contribution is 0.430. The van der Waals surface area contributed by atoms with Crippen LogP contribution in [0.2, 0.25) is 5.02 Å². The van der Waals surface area contributed by atoms with Crippen LogP contribution in [0.3, 0.4) is 0 Å². The van der Waals surface area contributed by atoms with Crippen LogP contribution < -0.4 is 21.6 Å². The molecule has 1 aliphatic heterocycles. The molecule has 25 heavy (non-hydrogen) atoms. The Morgan fingerprint density at radius 1 is 1.48 bits per heavy atom. The first kappa shape index (κ1) is 16.2. The second-order valence-electron chi connectivity index (χ2n) is 6.20. The van der Waals surface area contributed by atoms with E-state index in [2.05, 4.69) is 5.16 Å². The third-order valence-corrected chi connectivity index (χ3v) is 5.05. The van der Waals surface area contributed by atoms with Crippen molar-refractivity contribution in [3.8, 4) is 0 Å². The first-order valence-corrected chi connectivity index (χ1v) is 8.38. The Balaban J connectivity index is 2.15. The fourth-order valence-corrected chi connectivity index (χ4v) is 3.95. The maximum Gasteiger partial charge on any atom is 0.293 e. The summed E-state index contributed by atoms with van der Waals surface area (Å²) in [6.07, 6.45) is 0.736. The number of aromatic nitrogens is 2. The number of nitrogens with zero attached hydrogens (tertiary/aromatic N) is 2. The van der Waals surface area contributed by atoms with Crippen molar-refractivity contribution in [1.29, 1.82) is 0 Å². The molecule has 0 saturated carbocycles. The second kappa shape index (κ2) is 5.60. The zero-order chi connectivity index (χ0) is 17.9. The third-order valence-electron chi connectivity index (χ3n) is 4.69. The molecule has 2 aromatic heterocycles. The molecule has 1 aromatic carbocycles. The molecule has 7 nitrogen and oxygen atoms in total. The van der Waals surface area contributed by atoms with E-state index in [1.807, 2.05) is 6.92 Å². The van der Waals surface area contributed by atoms with Crippen molar-refractivity contribution in [1.82, 2.24) is 9.72 Å². The van der Waals surface area contributed by atoms with E-state index in [1.165, 1.54) is 0 Å². The van der Waals surface area contributed by atoms with Crippen LogP contribution in [-0.4, -0.2) is 28.9 Å². The Bertz CT molecular complexity index is 1120. The van der Waals surface area contributed by atoms with E-state index in [0.717, 1.165) is 12.5 Å². The molecule has 132 valence electrons. The first-order valence-electron chi connectivity index (χ1n) is 8.00. The number of hydrogen-bond acceptors (Lipinski definition) is 5. The van der Waals surface area contributed by atoms with Gasteiger partial charge in [-0.25, -0.2) is 4.39 Å². The van der Waals surface area contributed by atoms with Crippen LogP contribution in [0.15, 0.2) is 20.2 Å². The number of nitrogens with one attached hydrogen (secondary N) is 1. The summed E-state index contributed by atoms with van der Waals surface area (Å²) in [5.41, 5.74) is 5.34. The lowest BCUT2D eigenvalue weighted by atomic mass is 10.1. The quantitative estimate of drug-likeness (QED) is 0.720. The molecular weight excluding hydrogens is 351 g/mol. The standard InChI is InChI=1S/C16H16ClFN4O3/c1-2-22-12-8(14(23)10-15(24)20-25-16(10)22)5-9(18)13(11(12)17)21-4-3-7(19)6-21/h5,7H,2-4,6,19H2,1H3,(H,20,24). The molecule has 0 amide bonds. The largest absolute Gasteiger partial charge is 0.366 e. The highest BCUT2D eigenvalue weighted by atomic mass is 35.5. The van der Waals surface area contributed by atoms with Gasteiger partial charge in [0.05, 0.1) is 21.6 Å². The minimum Gasteiger partial charge on any atom is -0.366 e. The highest BCUT2D eigenvalue weighted by molar-refractivity contribution is 6.38. The van der Waals surface area contributed by atoms with E-state index in [-0.39, 0.29) is 33.2 Å². The van der Waals surface area contributed by atoms with Crippen molar-refractivity contribution in [3.63, 3.8) is 0 Å². The fraction of sp³-hybridized carbons (Fsp3) is 0.375. The van der Waals surface area contributed by atoms with Gasteiger partial charge < -0.3 is 19.7 Å². The van der Waals surface area contributed by atoms with E-state index in [1.54, 1.807) is 9.47 Å². The van der Waals surface area contributed by atoms with E-state index in [4.69, 9.17) is 21.9 Å². The van der Waals surface area contributed by atoms with E-state index in [9.17, 15) is 14.0 Å². The third kappa shape index (κ3) is 2.21. The van der Waals surface area contributed by atoms with Crippen molar-refractivity contribution >= 4 is 39.3 Å². The molecule has 3 aromatic rings. The van der Waals surface area contributed by atoms with Gasteiger partial charge in [0.15, 0.2) is 5.39 Å². The summed E-state index contributed by atoms with van der Waals surface area (Å²) in [6, 6.07) is 1.09. The molecule has 9 heteroatoms. The summed E-state index contributed by atoms with van der Waals surface area (Å²) >= 11 is 6.53. The Morgan fingerprint density at radius 3 is 2.88 bits per heavy atom. The van der Waals surface area contributed by atoms with Crippen molar-refractivity contribution < 1.29 is 8.91 Å². The number of nitrogens with two attached hydrogens (primary N) is 1. The number of rotatable bonds is 2. The first-order chi connectivity index (χ1) is 11.9. The van der Waals surface area contributed by atoms with E-state index < -0.39 is 16.8 Å². The fourth-order valence-electron chi connectivity index (χ4n) is 3.54. The Hall–Kier alpha value is -2.32. The minimum absolute atomic E-state index is 0.0512. The molecule has 0 radical (unpaired) electrons. The van der Waals surface area contributed by atoms with Crippen LogP contribution in [0, 0.1) is 5.82 Å². The zero-order valence-corrected chi connectivity index (χ0v) is 14.2. The lowest BCUT2D eigenvalue weighted by Crippen LogP contribution is -2.27. The van der Waals surface area contributed by atoms with Gasteiger partial charge in [0.2, 0.25) is 11.1 Å². The van der Waals surface area contributed by atoms with Crippen LogP contribution in [0.1, 0.15) is 13.3 Å². The molecule has 1 unspecified atom stereocenters. The number of pyridine rings is 1. The monoisotopic (exact) mass is 366 g/mol. The van der Waals surface area contributed by atoms with Crippen molar-refractivity contribution in [3.05, 3.63) is 37.5 Å². The predicted octanol–water partition coefficient (Wildman–Crippen LogP) is 1.79. The van der Waals surface area contributed by atoms with Gasteiger partial charge in [0.25, 0.3) is 5.56 Å². The molecule has 1 saturated heterocycles. The molecule has 1 atom stereocenters. The normalized spacial score (nSPS) is 17.9. The van der Waals surface area contributed by atoms with Crippen molar-refractivity contribution in [2.45, 2.75) is 25.9 Å². The van der Waals surface area contributed by atoms with Crippen LogP contribution in [-0.2, 0) is 6.54 Å². The van der Waals surface area contributed by atoms with Gasteiger partial charge in [0, 0.05) is 25.7 Å². The summed E-state index contributed by atoms with van der Waals surface area (Å²) < 4.78 is 21.5. The maximum absolute atomic E-state index is 14.8. The van der Waals surface area contributed by atoms with Gasteiger partial charge in [-0.3, -0.25) is 9.59 Å². The average Bonchev–Trinajstić information content (AvgIpc) is 3.15. The van der Waals surface area contributed by atoms with Gasteiger partial charge in [0.1, 0.15) is 5.82 Å². The lowest BCUT2D eigenvalue weighted by Gasteiger charge is -2.22. The number of anilines is 1. The SMILES string of the molecule is CCn1c2o[nH]c(=O)c2c(=O)c2cc(F)c(N3CCC(N)C3)c(Cl)c21. The smallest absolute Gasteiger partial charge is 0.293 e. The number of halogens is 2. The van der Waals surface area contributed by atoms with Crippen LogP contribution in [0.5, 0.6) is 0 Å². The highest BCUT2D eigenvalue weighted by Crippen LogP contribution is 2.37. The van der Waals surface area contributed by atoms with Gasteiger partial charge in [-0.15, -0.1) is 0 Å². The van der Waals surface area contributed by atoms with E-state index in [0.29, 0.717) is 25.2 Å². The Morgan fingerprint density at radius 2 is 2.24 bits per heavy atom. The predicted molar refractivity (Wildman–Crippen MR) is 94.0 cm³/mol. The summed E-state index contributed by atoms with van der Waals surface area (Å²) in [7, 11) is 0. The molecule has 4 rings (SSSR count). The number of fused-ring (bicyclic) bond motifs is 2. The summed E-state index contributed by atoms with van der Waals surface area (Å²) in [6.45, 7) is 3.28.